The zero-order valence-corrected chi connectivity index (χ0v) is 16.3. The molecular weight excluding hydrogens is 350 g/mol. The lowest BCUT2D eigenvalue weighted by Crippen LogP contribution is -2.41. The Kier molecular flexibility index (Phi) is 7.59. The Balaban J connectivity index is 1.86. The number of carbonyl (C=O) groups is 2. The fourth-order valence-corrected chi connectivity index (χ4v) is 3.05. The smallest absolute Gasteiger partial charge is 0.239 e. The van der Waals surface area contributed by atoms with Crippen LogP contribution in [0.15, 0.2) is 29.6 Å². The third-order valence-electron chi connectivity index (χ3n) is 3.76. The van der Waals surface area contributed by atoms with Gasteiger partial charge in [0.15, 0.2) is 0 Å². The first-order chi connectivity index (χ1) is 12.5. The van der Waals surface area contributed by atoms with Gasteiger partial charge in [-0.2, -0.15) is 0 Å². The van der Waals surface area contributed by atoms with Crippen LogP contribution in [0.5, 0.6) is 5.75 Å². The lowest BCUT2D eigenvalue weighted by molar-refractivity contribution is -0.135. The topological polar surface area (TPSA) is 71.5 Å². The summed E-state index contributed by atoms with van der Waals surface area (Å²) in [4.78, 5) is 30.1. The van der Waals surface area contributed by atoms with Gasteiger partial charge in [0, 0.05) is 18.5 Å². The van der Waals surface area contributed by atoms with Crippen molar-refractivity contribution in [2.75, 3.05) is 19.6 Å². The number of thiazole rings is 1. The Morgan fingerprint density at radius 2 is 1.96 bits per heavy atom. The number of hydrogen-bond donors (Lipinski definition) is 1. The molecule has 6 nitrogen and oxygen atoms in total. The number of ether oxygens (including phenoxy) is 1. The largest absolute Gasteiger partial charge is 0.486 e. The first-order valence-electron chi connectivity index (χ1n) is 8.69. The molecule has 0 fully saturated rings. The minimum Gasteiger partial charge on any atom is -0.486 e. The summed E-state index contributed by atoms with van der Waals surface area (Å²) in [5.41, 5.74) is 1.89. The van der Waals surface area contributed by atoms with Crippen LogP contribution < -0.4 is 10.1 Å². The lowest BCUT2D eigenvalue weighted by atomic mass is 10.2. The molecule has 140 valence electrons. The number of aromatic nitrogens is 1. The quantitative estimate of drug-likeness (QED) is 0.731. The van der Waals surface area contributed by atoms with E-state index in [1.165, 1.54) is 21.8 Å². The van der Waals surface area contributed by atoms with Crippen molar-refractivity contribution in [3.05, 3.63) is 45.9 Å². The summed E-state index contributed by atoms with van der Waals surface area (Å²) in [5.74, 6) is 0.547. The van der Waals surface area contributed by atoms with Crippen molar-refractivity contribution in [3.8, 4) is 5.75 Å². The zero-order chi connectivity index (χ0) is 18.9. The molecule has 1 aromatic heterocycles. The summed E-state index contributed by atoms with van der Waals surface area (Å²) in [6.07, 6.45) is 0.189. The third-order valence-corrected chi connectivity index (χ3v) is 4.63. The van der Waals surface area contributed by atoms with Gasteiger partial charge in [-0.1, -0.05) is 17.7 Å². The molecule has 0 unspecified atom stereocenters. The van der Waals surface area contributed by atoms with Crippen LogP contribution in [-0.2, 0) is 22.6 Å². The summed E-state index contributed by atoms with van der Waals surface area (Å²) < 4.78 is 5.71. The van der Waals surface area contributed by atoms with Crippen molar-refractivity contribution in [3.63, 3.8) is 0 Å². The van der Waals surface area contributed by atoms with Gasteiger partial charge in [0.2, 0.25) is 11.8 Å². The molecule has 0 saturated heterocycles. The lowest BCUT2D eigenvalue weighted by Gasteiger charge is -2.19. The summed E-state index contributed by atoms with van der Waals surface area (Å²) in [6, 6.07) is 7.84. The van der Waals surface area contributed by atoms with Crippen LogP contribution in [0.4, 0.5) is 0 Å². The Bertz CT molecular complexity index is 728. The average Bonchev–Trinajstić information content (AvgIpc) is 3.06. The molecule has 26 heavy (non-hydrogen) atoms. The highest BCUT2D eigenvalue weighted by molar-refractivity contribution is 7.09. The molecular formula is C19H25N3O3S. The Morgan fingerprint density at radius 3 is 2.62 bits per heavy atom. The van der Waals surface area contributed by atoms with E-state index in [1.807, 2.05) is 50.4 Å². The van der Waals surface area contributed by atoms with Crippen LogP contribution in [-0.4, -0.2) is 41.3 Å². The standard InChI is InChI=1S/C19H25N3O3S/c1-4-20-17(23)11-22(5-2)19(24)10-15-13-26-18(21-15)12-25-16-8-6-14(3)7-9-16/h6-9,13H,4-5,10-12H2,1-3H3,(H,20,23). The Labute approximate surface area is 158 Å². The van der Waals surface area contributed by atoms with Crippen LogP contribution in [0.2, 0.25) is 0 Å². The van der Waals surface area contributed by atoms with Gasteiger partial charge in [-0.3, -0.25) is 9.59 Å². The number of rotatable bonds is 9. The second-order valence-corrected chi connectivity index (χ2v) is 6.82. The highest BCUT2D eigenvalue weighted by Gasteiger charge is 2.17. The Morgan fingerprint density at radius 1 is 1.23 bits per heavy atom. The van der Waals surface area contributed by atoms with Gasteiger partial charge < -0.3 is 15.0 Å². The van der Waals surface area contributed by atoms with Crippen molar-refractivity contribution in [1.29, 1.82) is 0 Å². The summed E-state index contributed by atoms with van der Waals surface area (Å²) in [7, 11) is 0. The molecule has 1 aromatic carbocycles. The third kappa shape index (κ3) is 6.15. The fraction of sp³-hybridized carbons (Fsp3) is 0.421. The van der Waals surface area contributed by atoms with Crippen molar-refractivity contribution >= 4 is 23.2 Å². The van der Waals surface area contributed by atoms with Crippen molar-refractivity contribution in [2.24, 2.45) is 0 Å². The van der Waals surface area contributed by atoms with Crippen LogP contribution >= 0.6 is 11.3 Å². The molecule has 0 spiro atoms. The molecule has 7 heteroatoms. The second kappa shape index (κ2) is 9.91. The molecule has 0 aliphatic heterocycles. The van der Waals surface area contributed by atoms with Gasteiger partial charge in [-0.25, -0.2) is 4.98 Å². The van der Waals surface area contributed by atoms with Gasteiger partial charge in [0.05, 0.1) is 18.7 Å². The van der Waals surface area contributed by atoms with E-state index in [0.717, 1.165) is 10.8 Å². The van der Waals surface area contributed by atoms with E-state index in [9.17, 15) is 9.59 Å². The monoisotopic (exact) mass is 375 g/mol. The molecule has 1 N–H and O–H groups in total. The maximum atomic E-state index is 12.4. The average molecular weight is 375 g/mol. The van der Waals surface area contributed by atoms with Gasteiger partial charge in [-0.15, -0.1) is 11.3 Å². The second-order valence-electron chi connectivity index (χ2n) is 5.87. The molecule has 0 radical (unpaired) electrons. The molecule has 0 bridgehead atoms. The van der Waals surface area contributed by atoms with Crippen molar-refractivity contribution < 1.29 is 14.3 Å². The SMILES string of the molecule is CCNC(=O)CN(CC)C(=O)Cc1csc(COc2ccc(C)cc2)n1. The van der Waals surface area contributed by atoms with Crippen molar-refractivity contribution in [2.45, 2.75) is 33.8 Å². The number of carbonyl (C=O) groups excluding carboxylic acids is 2. The van der Waals surface area contributed by atoms with Gasteiger partial charge in [-0.05, 0) is 32.9 Å². The molecule has 0 atom stereocenters. The fourth-order valence-electron chi connectivity index (χ4n) is 2.35. The van der Waals surface area contributed by atoms with E-state index >= 15 is 0 Å². The maximum absolute atomic E-state index is 12.4. The molecule has 0 aliphatic rings. The number of benzene rings is 1. The highest BCUT2D eigenvalue weighted by atomic mass is 32.1. The number of nitrogens with zero attached hydrogens (tertiary/aromatic N) is 2. The normalized spacial score (nSPS) is 10.4. The summed E-state index contributed by atoms with van der Waals surface area (Å²) in [6.45, 7) is 7.24. The maximum Gasteiger partial charge on any atom is 0.239 e. The molecule has 2 aromatic rings. The van der Waals surface area contributed by atoms with Crippen molar-refractivity contribution in [1.82, 2.24) is 15.2 Å². The van der Waals surface area contributed by atoms with E-state index in [0.29, 0.717) is 25.4 Å². The van der Waals surface area contributed by atoms with Crippen LogP contribution in [0.3, 0.4) is 0 Å². The minimum atomic E-state index is -0.145. The van der Waals surface area contributed by atoms with Crippen LogP contribution in [0, 0.1) is 6.92 Å². The minimum absolute atomic E-state index is 0.0801. The Hall–Kier alpha value is -2.41. The van der Waals surface area contributed by atoms with Gasteiger partial charge in [0.1, 0.15) is 17.4 Å². The van der Waals surface area contributed by atoms with Crippen LogP contribution in [0.1, 0.15) is 30.1 Å². The number of likely N-dealkylation sites (N-methyl/N-ethyl adjacent to an activating group) is 2. The molecule has 0 saturated carbocycles. The van der Waals surface area contributed by atoms with E-state index in [4.69, 9.17) is 4.74 Å². The van der Waals surface area contributed by atoms with E-state index in [-0.39, 0.29) is 24.8 Å². The number of hydrogen-bond acceptors (Lipinski definition) is 5. The van der Waals surface area contributed by atoms with Gasteiger partial charge >= 0.3 is 0 Å². The van der Waals surface area contributed by atoms with E-state index in [1.54, 1.807) is 0 Å². The first-order valence-corrected chi connectivity index (χ1v) is 9.57. The number of amides is 2. The predicted octanol–water partition coefficient (Wildman–Crippen LogP) is 2.56. The molecule has 2 rings (SSSR count). The molecule has 1 heterocycles. The molecule has 0 aliphatic carbocycles. The van der Waals surface area contributed by atoms with Gasteiger partial charge in [0.25, 0.3) is 0 Å². The van der Waals surface area contributed by atoms with E-state index in [2.05, 4.69) is 10.3 Å². The predicted molar refractivity (Wildman–Crippen MR) is 102 cm³/mol. The number of aryl methyl sites for hydroxylation is 1. The summed E-state index contributed by atoms with van der Waals surface area (Å²) in [5, 5.41) is 5.39. The first kappa shape index (κ1) is 19.9. The zero-order valence-electron chi connectivity index (χ0n) is 15.4. The molecule has 2 amide bonds. The van der Waals surface area contributed by atoms with Crippen LogP contribution in [0.25, 0.3) is 0 Å². The number of nitrogens with one attached hydrogen (secondary N) is 1. The summed E-state index contributed by atoms with van der Waals surface area (Å²) >= 11 is 1.47. The van der Waals surface area contributed by atoms with E-state index < -0.39 is 0 Å². The highest BCUT2D eigenvalue weighted by Crippen LogP contribution is 2.16.